The Hall–Kier alpha value is -2.87. The Morgan fingerprint density at radius 1 is 0.964 bits per heavy atom. The van der Waals surface area contributed by atoms with Gasteiger partial charge in [0.05, 0.1) is 12.1 Å². The monoisotopic (exact) mass is 369 g/mol. The highest BCUT2D eigenvalue weighted by Gasteiger charge is 2.30. The van der Waals surface area contributed by atoms with Gasteiger partial charge in [-0.1, -0.05) is 60.2 Å². The van der Waals surface area contributed by atoms with Gasteiger partial charge in [0.2, 0.25) is 0 Å². The molecule has 0 radical (unpaired) electrons. The van der Waals surface area contributed by atoms with Gasteiger partial charge in [-0.2, -0.15) is 0 Å². The lowest BCUT2D eigenvalue weighted by atomic mass is 9.88. The van der Waals surface area contributed by atoms with Crippen molar-refractivity contribution in [2.45, 2.75) is 46.2 Å². The average molecular weight is 370 g/mol. The van der Waals surface area contributed by atoms with Crippen LogP contribution in [0.3, 0.4) is 0 Å². The maximum atomic E-state index is 12.4. The summed E-state index contributed by atoms with van der Waals surface area (Å²) in [5.74, 6) is 0.193. The third kappa shape index (κ3) is 3.24. The first-order valence-electron chi connectivity index (χ1n) is 9.99. The Labute approximate surface area is 167 Å². The summed E-state index contributed by atoms with van der Waals surface area (Å²) in [6.07, 6.45) is 4.25. The molecule has 0 unspecified atom stereocenters. The van der Waals surface area contributed by atoms with Crippen LogP contribution in [-0.4, -0.2) is 10.7 Å². The first-order chi connectivity index (χ1) is 13.5. The summed E-state index contributed by atoms with van der Waals surface area (Å²) in [6.45, 7) is 8.78. The highest BCUT2D eigenvalue weighted by Crippen LogP contribution is 2.40. The fourth-order valence-electron chi connectivity index (χ4n) is 4.85. The number of rotatable bonds is 3. The minimum absolute atomic E-state index is 0.0405. The second-order valence-electron chi connectivity index (χ2n) is 8.01. The Morgan fingerprint density at radius 2 is 1.64 bits per heavy atom. The van der Waals surface area contributed by atoms with Crippen LogP contribution in [0.25, 0.3) is 10.8 Å². The fraction of sp³-hybridized carbons (Fsp3) is 0.269. The summed E-state index contributed by atoms with van der Waals surface area (Å²) in [7, 11) is 0. The van der Waals surface area contributed by atoms with Crippen LogP contribution in [0, 0.1) is 20.8 Å². The lowest BCUT2D eigenvalue weighted by Gasteiger charge is -2.39. The van der Waals surface area contributed by atoms with E-state index in [9.17, 15) is 4.79 Å². The normalized spacial score (nSPS) is 17.9. The Kier molecular flexibility index (Phi) is 4.80. The van der Waals surface area contributed by atoms with Gasteiger partial charge in [-0.15, -0.1) is 0 Å². The average Bonchev–Trinajstić information content (AvgIpc) is 2.66. The molecule has 28 heavy (non-hydrogen) atoms. The Morgan fingerprint density at radius 3 is 2.39 bits per heavy atom. The number of hydrogen-bond acceptors (Lipinski definition) is 2. The van der Waals surface area contributed by atoms with Crippen LogP contribution < -0.4 is 0 Å². The molecule has 3 aromatic carbocycles. The second-order valence-corrected chi connectivity index (χ2v) is 8.01. The fourth-order valence-corrected chi connectivity index (χ4v) is 4.85. The number of allylic oxidation sites excluding steroid dienone is 1. The zero-order valence-electron chi connectivity index (χ0n) is 17.1. The van der Waals surface area contributed by atoms with Gasteiger partial charge < -0.3 is 4.90 Å². The molecular formula is C26H27NO. The van der Waals surface area contributed by atoms with E-state index < -0.39 is 0 Å². The number of nitrogens with zero attached hydrogens (tertiary/aromatic N) is 1. The second kappa shape index (κ2) is 7.27. The van der Waals surface area contributed by atoms with E-state index in [1.54, 1.807) is 6.08 Å². The van der Waals surface area contributed by atoms with Crippen molar-refractivity contribution >= 4 is 16.6 Å². The molecule has 142 valence electrons. The van der Waals surface area contributed by atoms with Gasteiger partial charge in [0.15, 0.2) is 5.78 Å². The van der Waals surface area contributed by atoms with Crippen molar-refractivity contribution in [3.63, 3.8) is 0 Å². The number of fused-ring (bicyclic) bond motifs is 1. The molecule has 1 aliphatic heterocycles. The minimum atomic E-state index is 0.0405. The summed E-state index contributed by atoms with van der Waals surface area (Å²) in [6, 6.07) is 19.6. The molecule has 0 saturated carbocycles. The van der Waals surface area contributed by atoms with Crippen molar-refractivity contribution in [2.75, 3.05) is 0 Å². The number of benzene rings is 3. The first-order valence-corrected chi connectivity index (χ1v) is 9.99. The van der Waals surface area contributed by atoms with E-state index >= 15 is 0 Å². The van der Waals surface area contributed by atoms with Gasteiger partial charge in [0.25, 0.3) is 0 Å². The van der Waals surface area contributed by atoms with Crippen molar-refractivity contribution in [1.29, 1.82) is 0 Å². The van der Waals surface area contributed by atoms with E-state index in [1.807, 2.05) is 6.20 Å². The van der Waals surface area contributed by atoms with Crippen LogP contribution in [-0.2, 0) is 4.79 Å². The third-order valence-electron chi connectivity index (χ3n) is 5.97. The molecule has 0 amide bonds. The quantitative estimate of drug-likeness (QED) is 0.536. The molecule has 0 saturated heterocycles. The summed E-state index contributed by atoms with van der Waals surface area (Å²) >= 11 is 0. The molecule has 4 rings (SSSR count). The van der Waals surface area contributed by atoms with Crippen LogP contribution in [0.1, 0.15) is 53.2 Å². The highest BCUT2D eigenvalue weighted by atomic mass is 16.1. The molecule has 3 aromatic rings. The molecule has 1 aliphatic rings. The van der Waals surface area contributed by atoms with Gasteiger partial charge in [-0.25, -0.2) is 0 Å². The van der Waals surface area contributed by atoms with Crippen molar-refractivity contribution < 1.29 is 4.79 Å². The number of carbonyl (C=O) groups excluding carboxylic acids is 1. The molecular weight excluding hydrogens is 342 g/mol. The molecule has 0 aliphatic carbocycles. The van der Waals surface area contributed by atoms with Gasteiger partial charge in [0, 0.05) is 12.6 Å². The molecule has 1 heterocycles. The van der Waals surface area contributed by atoms with Gasteiger partial charge in [-0.3, -0.25) is 4.79 Å². The van der Waals surface area contributed by atoms with Crippen LogP contribution in [0.5, 0.6) is 0 Å². The number of carbonyl (C=O) groups is 1. The zero-order chi connectivity index (χ0) is 19.8. The van der Waals surface area contributed by atoms with E-state index in [1.165, 1.54) is 38.6 Å². The molecule has 0 fully saturated rings. The summed E-state index contributed by atoms with van der Waals surface area (Å²) < 4.78 is 0. The largest absolute Gasteiger partial charge is 0.363 e. The maximum absolute atomic E-state index is 12.4. The highest BCUT2D eigenvalue weighted by molar-refractivity contribution is 5.92. The van der Waals surface area contributed by atoms with E-state index in [2.05, 4.69) is 87.2 Å². The molecule has 0 N–H and O–H groups in total. The molecule has 0 spiro atoms. The Balaban J connectivity index is 1.83. The van der Waals surface area contributed by atoms with Gasteiger partial charge >= 0.3 is 0 Å². The van der Waals surface area contributed by atoms with Crippen molar-refractivity contribution in [1.82, 2.24) is 4.90 Å². The smallest absolute Gasteiger partial charge is 0.159 e. The van der Waals surface area contributed by atoms with Crippen molar-refractivity contribution in [3.05, 3.63) is 94.7 Å². The first kappa shape index (κ1) is 18.5. The molecule has 2 atom stereocenters. The number of aryl methyl sites for hydroxylation is 3. The number of hydrogen-bond donors (Lipinski definition) is 0. The molecule has 2 nitrogen and oxygen atoms in total. The van der Waals surface area contributed by atoms with Crippen LogP contribution >= 0.6 is 0 Å². The lowest BCUT2D eigenvalue weighted by molar-refractivity contribution is -0.116. The number of ketones is 1. The topological polar surface area (TPSA) is 20.3 Å². The van der Waals surface area contributed by atoms with E-state index in [0.717, 1.165) is 0 Å². The summed E-state index contributed by atoms with van der Waals surface area (Å²) in [5.41, 5.74) is 6.50. The Bertz CT molecular complexity index is 1050. The van der Waals surface area contributed by atoms with Crippen LogP contribution in [0.4, 0.5) is 0 Å². The van der Waals surface area contributed by atoms with Crippen molar-refractivity contribution in [3.8, 4) is 0 Å². The molecule has 0 bridgehead atoms. The third-order valence-corrected chi connectivity index (χ3v) is 5.97. The molecule has 2 heteroatoms. The van der Waals surface area contributed by atoms with E-state index in [4.69, 9.17) is 0 Å². The predicted molar refractivity (Wildman–Crippen MR) is 116 cm³/mol. The standard InChI is InChI=1S/C26H27NO/c1-17-14-18(2)26(19(3)15-17)20(4)27-13-12-22(28)16-25(27)24-11-7-9-21-8-5-6-10-23(21)24/h5-15,20,25H,16H2,1-4H3/t20-,25+/m0/s1. The summed E-state index contributed by atoms with van der Waals surface area (Å²) in [5, 5.41) is 2.45. The van der Waals surface area contributed by atoms with E-state index in [-0.39, 0.29) is 17.9 Å². The summed E-state index contributed by atoms with van der Waals surface area (Å²) in [4.78, 5) is 14.7. The van der Waals surface area contributed by atoms with E-state index in [0.29, 0.717) is 6.42 Å². The van der Waals surface area contributed by atoms with Gasteiger partial charge in [-0.05, 0) is 66.8 Å². The predicted octanol–water partition coefficient (Wildman–Crippen LogP) is 6.36. The lowest BCUT2D eigenvalue weighted by Crippen LogP contribution is -2.32. The van der Waals surface area contributed by atoms with Crippen molar-refractivity contribution in [2.24, 2.45) is 0 Å². The molecule has 0 aromatic heterocycles. The minimum Gasteiger partial charge on any atom is -0.363 e. The maximum Gasteiger partial charge on any atom is 0.159 e. The SMILES string of the molecule is Cc1cc(C)c([C@H](C)N2C=CC(=O)C[C@@H]2c2cccc3ccccc23)c(C)c1. The van der Waals surface area contributed by atoms with Crippen LogP contribution in [0.2, 0.25) is 0 Å². The van der Waals surface area contributed by atoms with Gasteiger partial charge in [0.1, 0.15) is 0 Å². The van der Waals surface area contributed by atoms with Crippen LogP contribution in [0.15, 0.2) is 66.9 Å². The zero-order valence-corrected chi connectivity index (χ0v) is 17.1.